The molecule has 1 rings (SSSR count). The summed E-state index contributed by atoms with van der Waals surface area (Å²) in [6.07, 6.45) is -3.44. The maximum atomic E-state index is 5.33. The maximum Gasteiger partial charge on any atom is 0.130 e. The molecule has 0 aromatic heterocycles. The predicted molar refractivity (Wildman–Crippen MR) is 192 cm³/mol. The molecule has 0 bridgehead atoms. The van der Waals surface area contributed by atoms with Crippen molar-refractivity contribution in [1.29, 1.82) is 0 Å². The van der Waals surface area contributed by atoms with Crippen LogP contribution in [0.5, 0.6) is 0 Å². The summed E-state index contributed by atoms with van der Waals surface area (Å²) in [5.74, 6) is 0. The largest absolute Gasteiger partial charge is 0.130 e. The average molecular weight is 680 g/mol. The molecule has 0 fully saturated rings. The second-order valence-electron chi connectivity index (χ2n) is 17.0. The van der Waals surface area contributed by atoms with E-state index in [4.69, 9.17) is 15.3 Å². The van der Waals surface area contributed by atoms with Crippen molar-refractivity contribution in [1.82, 2.24) is 0 Å². The molecule has 0 N–H and O–H groups in total. The molecule has 0 heterocycles. The second-order valence-corrected chi connectivity index (χ2v) is 126. The SMILES string of the molecule is C[Si](C)(C)[Si]([Si](C)(C)C)([Si](C)(C)C)[Si](Br)(c1ccccc1)[Si]([Si](C)(C)C)([Si](C)(C)C)[Si](C)(C)C. The lowest BCUT2D eigenvalue weighted by molar-refractivity contribution is 1.73. The van der Waals surface area contributed by atoms with E-state index in [9.17, 15) is 0 Å². The highest BCUT2D eigenvalue weighted by Gasteiger charge is 2.83. The van der Waals surface area contributed by atoms with Crippen molar-refractivity contribution < 1.29 is 0 Å². The van der Waals surface area contributed by atoms with Crippen LogP contribution in [0, 0.1) is 0 Å². The molecule has 0 nitrogen and oxygen atoms in total. The highest BCUT2D eigenvalue weighted by molar-refractivity contribution is 9.32. The van der Waals surface area contributed by atoms with Gasteiger partial charge >= 0.3 is 0 Å². The second kappa shape index (κ2) is 9.69. The molecule has 0 atom stereocenters. The molecule has 0 aliphatic carbocycles. The monoisotopic (exact) mass is 678 g/mol. The van der Waals surface area contributed by atoms with E-state index in [1.165, 1.54) is 0 Å². The summed E-state index contributed by atoms with van der Waals surface area (Å²) in [6, 6.07) is 12.4. The topological polar surface area (TPSA) is 0 Å². The molecule has 0 aliphatic rings. The van der Waals surface area contributed by atoms with Gasteiger partial charge in [-0.3, -0.25) is 0 Å². The maximum absolute atomic E-state index is 5.33. The van der Waals surface area contributed by atoms with Gasteiger partial charge in [0.15, 0.2) is 0 Å². The number of rotatable bonds is 9. The number of hydrogen-bond donors (Lipinski definition) is 0. The third kappa shape index (κ3) is 4.67. The summed E-state index contributed by atoms with van der Waals surface area (Å²) in [7, 11) is -8.96. The molecule has 0 aliphatic heterocycles. The van der Waals surface area contributed by atoms with Crippen molar-refractivity contribution in [3.8, 4) is 0 Å². The van der Waals surface area contributed by atoms with E-state index in [1.54, 1.807) is 0 Å². The van der Waals surface area contributed by atoms with Crippen LogP contribution < -0.4 is 5.19 Å². The summed E-state index contributed by atoms with van der Waals surface area (Å²) < 4.78 is 0. The van der Waals surface area contributed by atoms with Crippen LogP contribution in [-0.4, -0.2) is 63.6 Å². The van der Waals surface area contributed by atoms with Crippen molar-refractivity contribution in [2.45, 2.75) is 118 Å². The van der Waals surface area contributed by atoms with Gasteiger partial charge < -0.3 is 0 Å². The van der Waals surface area contributed by atoms with E-state index in [0.717, 1.165) is 0 Å². The zero-order valence-electron chi connectivity index (χ0n) is 26.3. The quantitative estimate of drug-likeness (QED) is 0.181. The highest BCUT2D eigenvalue weighted by Crippen LogP contribution is 2.55. The zero-order chi connectivity index (χ0) is 27.6. The molecule has 10 heteroatoms. The van der Waals surface area contributed by atoms with Gasteiger partial charge in [0.2, 0.25) is 0 Å². The van der Waals surface area contributed by atoms with Crippen molar-refractivity contribution >= 4 is 84.0 Å². The van der Waals surface area contributed by atoms with Gasteiger partial charge in [0.05, 0.1) is 0 Å². The number of halogens is 1. The Morgan fingerprint density at radius 1 is 0.382 bits per heavy atom. The van der Waals surface area contributed by atoms with Crippen LogP contribution in [-0.2, 0) is 0 Å². The standard InChI is InChI=1S/C24H59BrSi9/c1-26(2,3)33(27(4,5)6,28(7,8)9)32(25,24-22-20-19-21-23-24)34(29(10,11)12,30(13,14)15)31(16,17)18/h19-23H,1-18H3. The van der Waals surface area contributed by atoms with Gasteiger partial charge in [-0.2, -0.15) is 0 Å². The van der Waals surface area contributed by atoms with Crippen LogP contribution in [0.4, 0.5) is 0 Å². The molecular weight excluding hydrogens is 621 g/mol. The van der Waals surface area contributed by atoms with Crippen molar-refractivity contribution in [3.05, 3.63) is 30.3 Å². The minimum absolute atomic E-state index is 1.49. The van der Waals surface area contributed by atoms with Crippen molar-refractivity contribution in [2.24, 2.45) is 0 Å². The van der Waals surface area contributed by atoms with E-state index < -0.39 is 63.6 Å². The van der Waals surface area contributed by atoms with Crippen LogP contribution in [0.1, 0.15) is 0 Å². The fourth-order valence-corrected chi connectivity index (χ4v) is 506. The Morgan fingerprint density at radius 3 is 0.765 bits per heavy atom. The lowest BCUT2D eigenvalue weighted by Crippen LogP contribution is -3.08. The summed E-state index contributed by atoms with van der Waals surface area (Å²) in [5.41, 5.74) is -2.04. The minimum atomic E-state index is -2.04. The van der Waals surface area contributed by atoms with Crippen LogP contribution in [0.15, 0.2) is 30.3 Å². The van der Waals surface area contributed by atoms with E-state index in [-0.39, 0.29) is 0 Å². The van der Waals surface area contributed by atoms with Crippen LogP contribution in [0.3, 0.4) is 0 Å². The van der Waals surface area contributed by atoms with Crippen LogP contribution >= 0.6 is 15.3 Å². The van der Waals surface area contributed by atoms with Gasteiger partial charge in [0.25, 0.3) is 0 Å². The van der Waals surface area contributed by atoms with Gasteiger partial charge in [-0.15, -0.1) is 15.3 Å². The molecular formula is C24H59BrSi9. The molecule has 0 unspecified atom stereocenters. The molecule has 198 valence electrons. The summed E-state index contributed by atoms with van der Waals surface area (Å²) in [5, 5.41) is 1.87. The van der Waals surface area contributed by atoms with E-state index in [1.807, 2.05) is 5.19 Å². The Labute approximate surface area is 230 Å². The molecule has 34 heavy (non-hydrogen) atoms. The van der Waals surface area contributed by atoms with E-state index >= 15 is 0 Å². The number of hydrogen-bond acceptors (Lipinski definition) is 0. The Hall–Kier alpha value is 1.65. The Balaban J connectivity index is 4.92. The molecule has 0 saturated heterocycles. The van der Waals surface area contributed by atoms with Crippen molar-refractivity contribution in [2.75, 3.05) is 0 Å². The molecule has 0 amide bonds. The number of benzene rings is 1. The zero-order valence-corrected chi connectivity index (χ0v) is 36.9. The first kappa shape index (κ1) is 33.7. The Morgan fingerprint density at radius 2 is 0.588 bits per heavy atom. The first-order valence-corrected chi connectivity index (χ1v) is 50.6. The highest BCUT2D eigenvalue weighted by atomic mass is 79.9. The molecule has 0 radical (unpaired) electrons. The van der Waals surface area contributed by atoms with Gasteiger partial charge in [-0.25, -0.2) is 0 Å². The third-order valence-electron chi connectivity index (χ3n) is 8.96. The third-order valence-corrected chi connectivity index (χ3v) is 268. The predicted octanol–water partition coefficient (Wildman–Crippen LogP) is 8.79. The lowest BCUT2D eigenvalue weighted by atomic mass is 10.4. The van der Waals surface area contributed by atoms with Gasteiger partial charge in [-0.1, -0.05) is 153 Å². The lowest BCUT2D eigenvalue weighted by Gasteiger charge is -2.74. The van der Waals surface area contributed by atoms with Crippen molar-refractivity contribution in [3.63, 3.8) is 0 Å². The smallest absolute Gasteiger partial charge is 0.129 e. The first-order chi connectivity index (χ1) is 14.6. The van der Waals surface area contributed by atoms with Gasteiger partial charge in [0.1, 0.15) is 5.73 Å². The Kier molecular flexibility index (Phi) is 9.59. The fraction of sp³-hybridized carbons (Fsp3) is 0.750. The van der Waals surface area contributed by atoms with Gasteiger partial charge in [0, 0.05) is 57.8 Å². The van der Waals surface area contributed by atoms with E-state index in [0.29, 0.717) is 0 Å². The molecule has 1 aromatic carbocycles. The Bertz CT molecular complexity index is 721. The normalized spacial score (nSPS) is 16.1. The van der Waals surface area contributed by atoms with E-state index in [2.05, 4.69) is 148 Å². The summed E-state index contributed by atoms with van der Waals surface area (Å²) in [6.45, 7) is 51.5. The van der Waals surface area contributed by atoms with Crippen LogP contribution in [0.2, 0.25) is 118 Å². The van der Waals surface area contributed by atoms with Crippen LogP contribution in [0.25, 0.3) is 0 Å². The summed E-state index contributed by atoms with van der Waals surface area (Å²) >= 11 is 5.33. The average Bonchev–Trinajstić information content (AvgIpc) is 2.47. The molecule has 1 aromatic rings. The fourth-order valence-electron chi connectivity index (χ4n) is 11.2. The first-order valence-electron chi connectivity index (χ1n) is 13.3. The minimum Gasteiger partial charge on any atom is -0.129 e. The summed E-state index contributed by atoms with van der Waals surface area (Å²) in [4.78, 5) is 0. The van der Waals surface area contributed by atoms with Gasteiger partial charge in [-0.05, 0) is 0 Å². The molecule has 0 saturated carbocycles. The molecule has 0 spiro atoms.